The quantitative estimate of drug-likeness (QED) is 0.760. The number of thioether (sulfide) groups is 1. The maximum absolute atomic E-state index is 12.1. The predicted octanol–water partition coefficient (Wildman–Crippen LogP) is 1.63. The fourth-order valence-electron chi connectivity index (χ4n) is 1.63. The Morgan fingerprint density at radius 2 is 2.20 bits per heavy atom. The summed E-state index contributed by atoms with van der Waals surface area (Å²) in [6.07, 6.45) is 4.00. The summed E-state index contributed by atoms with van der Waals surface area (Å²) in [5.74, 6) is -1.13. The number of hydrogen-bond donors (Lipinski definition) is 2. The van der Waals surface area contributed by atoms with Crippen molar-refractivity contribution in [1.29, 1.82) is 0 Å². The first kappa shape index (κ1) is 17.1. The summed E-state index contributed by atoms with van der Waals surface area (Å²) >= 11 is 1.56. The smallest absolute Gasteiger partial charge is 0.352 e. The monoisotopic (exact) mass is 320 g/mol. The van der Waals surface area contributed by atoms with E-state index in [-0.39, 0.29) is 15.8 Å². The molecule has 6 nitrogen and oxygen atoms in total. The normalized spacial score (nSPS) is 13.3. The van der Waals surface area contributed by atoms with Gasteiger partial charge in [-0.25, -0.2) is 17.9 Å². The summed E-state index contributed by atoms with van der Waals surface area (Å²) in [5, 5.41) is 9.24. The largest absolute Gasteiger partial charge is 0.477 e. The number of sulfonamides is 1. The molecule has 1 heterocycles. The van der Waals surface area contributed by atoms with Gasteiger partial charge in [0.1, 0.15) is 10.6 Å². The van der Waals surface area contributed by atoms with Crippen LogP contribution in [0.1, 0.15) is 30.8 Å². The molecular formula is C12H20N2O4S2. The summed E-state index contributed by atoms with van der Waals surface area (Å²) in [5.41, 5.74) is -0.00913. The Labute approximate surface area is 123 Å². The fraction of sp³-hybridized carbons (Fsp3) is 0.583. The van der Waals surface area contributed by atoms with Gasteiger partial charge in [-0.1, -0.05) is 13.8 Å². The molecule has 0 aromatic carbocycles. The van der Waals surface area contributed by atoms with E-state index in [1.807, 2.05) is 20.1 Å². The van der Waals surface area contributed by atoms with Crippen molar-refractivity contribution >= 4 is 27.8 Å². The zero-order valence-electron chi connectivity index (χ0n) is 11.8. The van der Waals surface area contributed by atoms with E-state index in [2.05, 4.69) is 4.72 Å². The lowest BCUT2D eigenvalue weighted by Crippen LogP contribution is -2.29. The van der Waals surface area contributed by atoms with Crippen LogP contribution in [-0.4, -0.2) is 42.1 Å². The molecule has 0 spiro atoms. The van der Waals surface area contributed by atoms with Gasteiger partial charge in [-0.15, -0.1) is 0 Å². The summed E-state index contributed by atoms with van der Waals surface area (Å²) in [7, 11) is -3.67. The minimum Gasteiger partial charge on any atom is -0.477 e. The van der Waals surface area contributed by atoms with Gasteiger partial charge >= 0.3 is 5.97 Å². The van der Waals surface area contributed by atoms with Crippen LogP contribution >= 0.6 is 11.8 Å². The van der Waals surface area contributed by atoms with Crippen molar-refractivity contribution in [2.75, 3.05) is 12.8 Å². The van der Waals surface area contributed by atoms with Crippen molar-refractivity contribution < 1.29 is 18.3 Å². The molecule has 1 rings (SSSR count). The first-order valence-corrected chi connectivity index (χ1v) is 9.04. The molecule has 0 aliphatic rings. The molecule has 1 atom stereocenters. The third kappa shape index (κ3) is 4.26. The fourth-order valence-corrected chi connectivity index (χ4v) is 3.15. The Hall–Kier alpha value is -0.990. The zero-order chi connectivity index (χ0) is 15.3. The number of aryl methyl sites for hydroxylation is 1. The molecule has 0 saturated heterocycles. The van der Waals surface area contributed by atoms with Gasteiger partial charge in [-0.2, -0.15) is 11.8 Å². The molecule has 0 fully saturated rings. The lowest BCUT2D eigenvalue weighted by Gasteiger charge is -2.09. The van der Waals surface area contributed by atoms with Gasteiger partial charge in [0.2, 0.25) is 10.0 Å². The van der Waals surface area contributed by atoms with Gasteiger partial charge < -0.3 is 9.67 Å². The molecule has 1 unspecified atom stereocenters. The molecule has 114 valence electrons. The lowest BCUT2D eigenvalue weighted by atomic mass is 10.4. The Balaban J connectivity index is 3.00. The van der Waals surface area contributed by atoms with E-state index in [4.69, 9.17) is 5.11 Å². The molecule has 1 aromatic rings. The van der Waals surface area contributed by atoms with E-state index in [1.54, 1.807) is 11.8 Å². The number of carbonyl (C=O) groups is 1. The molecule has 0 amide bonds. The number of rotatable bonds is 8. The highest BCUT2D eigenvalue weighted by atomic mass is 32.2. The third-order valence-corrected chi connectivity index (χ3v) is 5.19. The van der Waals surface area contributed by atoms with E-state index in [0.29, 0.717) is 13.1 Å². The van der Waals surface area contributed by atoms with Crippen LogP contribution in [0.2, 0.25) is 0 Å². The SMILES string of the molecule is CCCn1cc(S(=O)(=O)NCC(C)SC)cc1C(=O)O. The molecule has 0 saturated carbocycles. The van der Waals surface area contributed by atoms with E-state index < -0.39 is 16.0 Å². The van der Waals surface area contributed by atoms with E-state index in [0.717, 1.165) is 6.42 Å². The number of carboxylic acids is 1. The second-order valence-corrected chi connectivity index (χ2v) is 7.50. The van der Waals surface area contributed by atoms with Crippen LogP contribution in [0.25, 0.3) is 0 Å². The summed E-state index contributed by atoms with van der Waals surface area (Å²) in [6, 6.07) is 1.20. The number of aromatic carboxylic acids is 1. The van der Waals surface area contributed by atoms with Crippen LogP contribution in [-0.2, 0) is 16.6 Å². The molecule has 0 radical (unpaired) electrons. The second-order valence-electron chi connectivity index (χ2n) is 4.46. The number of carboxylic acid groups (broad SMARTS) is 1. The van der Waals surface area contributed by atoms with Gasteiger partial charge in [-0.3, -0.25) is 0 Å². The van der Waals surface area contributed by atoms with Crippen molar-refractivity contribution in [2.24, 2.45) is 0 Å². The zero-order valence-corrected chi connectivity index (χ0v) is 13.4. The molecule has 0 bridgehead atoms. The Bertz CT molecular complexity index is 566. The highest BCUT2D eigenvalue weighted by Gasteiger charge is 2.21. The minimum absolute atomic E-state index is 0.00310. The van der Waals surface area contributed by atoms with Gasteiger partial charge in [0.15, 0.2) is 0 Å². The van der Waals surface area contributed by atoms with Crippen LogP contribution in [0.3, 0.4) is 0 Å². The molecule has 20 heavy (non-hydrogen) atoms. The average molecular weight is 320 g/mol. The van der Waals surface area contributed by atoms with E-state index in [9.17, 15) is 13.2 Å². The van der Waals surface area contributed by atoms with Crippen LogP contribution in [0.15, 0.2) is 17.2 Å². The number of aromatic nitrogens is 1. The standard InChI is InChI=1S/C12H20N2O4S2/c1-4-5-14-8-10(6-11(14)12(15)16)20(17,18)13-7-9(2)19-3/h6,8-9,13H,4-5,7H2,1-3H3,(H,15,16). The van der Waals surface area contributed by atoms with Crippen LogP contribution in [0.5, 0.6) is 0 Å². The summed E-state index contributed by atoms with van der Waals surface area (Å²) in [6.45, 7) is 4.60. The molecular weight excluding hydrogens is 300 g/mol. The van der Waals surface area contributed by atoms with Crippen LogP contribution in [0.4, 0.5) is 0 Å². The molecule has 0 aliphatic carbocycles. The molecule has 2 N–H and O–H groups in total. The maximum Gasteiger partial charge on any atom is 0.352 e. The topological polar surface area (TPSA) is 88.4 Å². The Kier molecular flexibility index (Phi) is 6.09. The van der Waals surface area contributed by atoms with Crippen molar-refractivity contribution in [3.63, 3.8) is 0 Å². The number of nitrogens with one attached hydrogen (secondary N) is 1. The minimum atomic E-state index is -3.67. The average Bonchev–Trinajstić information content (AvgIpc) is 2.81. The van der Waals surface area contributed by atoms with Gasteiger partial charge in [0.25, 0.3) is 0 Å². The predicted molar refractivity (Wildman–Crippen MR) is 79.8 cm³/mol. The van der Waals surface area contributed by atoms with Crippen molar-refractivity contribution in [3.05, 3.63) is 18.0 Å². The van der Waals surface area contributed by atoms with Crippen molar-refractivity contribution in [3.8, 4) is 0 Å². The number of hydrogen-bond acceptors (Lipinski definition) is 4. The maximum atomic E-state index is 12.1. The number of nitrogens with zero attached hydrogens (tertiary/aromatic N) is 1. The third-order valence-electron chi connectivity index (χ3n) is 2.83. The summed E-state index contributed by atoms with van der Waals surface area (Å²) in [4.78, 5) is 11.1. The van der Waals surface area contributed by atoms with E-state index >= 15 is 0 Å². The van der Waals surface area contributed by atoms with Gasteiger partial charge in [0, 0.05) is 24.5 Å². The first-order chi connectivity index (χ1) is 9.31. The molecule has 1 aromatic heterocycles. The lowest BCUT2D eigenvalue weighted by molar-refractivity contribution is 0.0685. The first-order valence-electron chi connectivity index (χ1n) is 6.27. The summed E-state index contributed by atoms with van der Waals surface area (Å²) < 4.78 is 28.2. The Morgan fingerprint density at radius 3 is 2.70 bits per heavy atom. The second kappa shape index (κ2) is 7.14. The van der Waals surface area contributed by atoms with Crippen molar-refractivity contribution in [1.82, 2.24) is 9.29 Å². The van der Waals surface area contributed by atoms with Crippen LogP contribution < -0.4 is 4.72 Å². The molecule has 0 aliphatic heterocycles. The highest BCUT2D eigenvalue weighted by molar-refractivity contribution is 7.99. The van der Waals surface area contributed by atoms with Gasteiger partial charge in [-0.05, 0) is 18.7 Å². The van der Waals surface area contributed by atoms with Gasteiger partial charge in [0.05, 0.1) is 0 Å². The van der Waals surface area contributed by atoms with E-state index in [1.165, 1.54) is 16.8 Å². The van der Waals surface area contributed by atoms with Crippen molar-refractivity contribution in [2.45, 2.75) is 37.0 Å². The van der Waals surface area contributed by atoms with Crippen LogP contribution in [0, 0.1) is 0 Å². The highest BCUT2D eigenvalue weighted by Crippen LogP contribution is 2.16. The Morgan fingerprint density at radius 1 is 1.55 bits per heavy atom. The molecule has 8 heteroatoms.